The van der Waals surface area contributed by atoms with Crippen LogP contribution < -0.4 is 0 Å². The van der Waals surface area contributed by atoms with Crippen molar-refractivity contribution >= 4 is 22.7 Å². The van der Waals surface area contributed by atoms with Gasteiger partial charge in [-0.25, -0.2) is 0 Å². The molecule has 0 spiro atoms. The third kappa shape index (κ3) is 3.03. The Labute approximate surface area is 148 Å². The van der Waals surface area contributed by atoms with Crippen LogP contribution in [0.3, 0.4) is 0 Å². The number of carbonyl (C=O) groups excluding carboxylic acids is 2. The number of benzene rings is 1. The first-order valence-corrected chi connectivity index (χ1v) is 9.23. The number of fused-ring (bicyclic) bond motifs is 1. The molecule has 2 saturated heterocycles. The topological polar surface area (TPSA) is 45.6 Å². The Kier molecular flexibility index (Phi) is 4.24. The van der Waals surface area contributed by atoms with Gasteiger partial charge in [-0.15, -0.1) is 0 Å². The second kappa shape index (κ2) is 6.54. The van der Waals surface area contributed by atoms with Gasteiger partial charge in [-0.1, -0.05) is 18.2 Å². The fourth-order valence-electron chi connectivity index (χ4n) is 4.32. The zero-order valence-electron chi connectivity index (χ0n) is 14.8. The van der Waals surface area contributed by atoms with Gasteiger partial charge in [0.1, 0.15) is 0 Å². The van der Waals surface area contributed by atoms with Gasteiger partial charge in [0.05, 0.1) is 6.42 Å². The standard InChI is InChI=1S/C20H25N3O2/c1-21-14-15(17-5-2-3-6-18(17)21)13-20(25)22-11-8-16(9-12-22)23-10-4-7-19(23)24/h2-3,5-6,14,16H,4,7-13H2,1H3. The van der Waals surface area contributed by atoms with E-state index in [0.29, 0.717) is 24.8 Å². The minimum atomic E-state index is 0.197. The monoisotopic (exact) mass is 339 g/mol. The van der Waals surface area contributed by atoms with Gasteiger partial charge >= 0.3 is 0 Å². The lowest BCUT2D eigenvalue weighted by Crippen LogP contribution is -2.47. The van der Waals surface area contributed by atoms with Crippen LogP contribution in [0.25, 0.3) is 10.9 Å². The molecule has 2 aliphatic heterocycles. The van der Waals surface area contributed by atoms with Crippen LogP contribution in [-0.4, -0.2) is 51.9 Å². The summed E-state index contributed by atoms with van der Waals surface area (Å²) in [6, 6.07) is 8.55. The molecule has 2 aromatic rings. The van der Waals surface area contributed by atoms with E-state index in [1.165, 1.54) is 0 Å². The van der Waals surface area contributed by atoms with Crippen LogP contribution in [0.1, 0.15) is 31.2 Å². The SMILES string of the molecule is Cn1cc(CC(=O)N2CCC(N3CCCC3=O)CC2)c2ccccc21. The van der Waals surface area contributed by atoms with Gasteiger partial charge in [0.2, 0.25) is 11.8 Å². The Morgan fingerprint density at radius 3 is 2.64 bits per heavy atom. The summed E-state index contributed by atoms with van der Waals surface area (Å²) < 4.78 is 2.09. The molecule has 0 bridgehead atoms. The third-order valence-corrected chi connectivity index (χ3v) is 5.69. The predicted octanol–water partition coefficient (Wildman–Crippen LogP) is 2.33. The van der Waals surface area contributed by atoms with E-state index in [2.05, 4.69) is 22.9 Å². The van der Waals surface area contributed by atoms with Gasteiger partial charge in [-0.05, 0) is 30.9 Å². The highest BCUT2D eigenvalue weighted by atomic mass is 16.2. The largest absolute Gasteiger partial charge is 0.350 e. The molecule has 0 unspecified atom stereocenters. The van der Waals surface area contributed by atoms with E-state index < -0.39 is 0 Å². The summed E-state index contributed by atoms with van der Waals surface area (Å²) in [5, 5.41) is 1.16. The normalized spacial score (nSPS) is 19.2. The summed E-state index contributed by atoms with van der Waals surface area (Å²) in [5.41, 5.74) is 2.26. The van der Waals surface area contributed by atoms with Crippen molar-refractivity contribution in [3.63, 3.8) is 0 Å². The molecule has 5 nitrogen and oxygen atoms in total. The smallest absolute Gasteiger partial charge is 0.227 e. The van der Waals surface area contributed by atoms with Crippen LogP contribution >= 0.6 is 0 Å². The molecule has 0 N–H and O–H groups in total. The highest BCUT2D eigenvalue weighted by Crippen LogP contribution is 2.24. The number of hydrogen-bond donors (Lipinski definition) is 0. The summed E-state index contributed by atoms with van der Waals surface area (Å²) in [6.07, 6.45) is 6.02. The second-order valence-electron chi connectivity index (χ2n) is 7.26. The lowest BCUT2D eigenvalue weighted by molar-refractivity contribution is -0.134. The van der Waals surface area contributed by atoms with Crippen molar-refractivity contribution in [1.29, 1.82) is 0 Å². The zero-order valence-corrected chi connectivity index (χ0v) is 14.8. The highest BCUT2D eigenvalue weighted by molar-refractivity contribution is 5.89. The molecule has 2 amide bonds. The van der Waals surface area contributed by atoms with Crippen molar-refractivity contribution in [1.82, 2.24) is 14.4 Å². The van der Waals surface area contributed by atoms with Crippen molar-refractivity contribution in [3.8, 4) is 0 Å². The molecule has 0 aliphatic carbocycles. The quantitative estimate of drug-likeness (QED) is 0.862. The first-order chi connectivity index (χ1) is 12.1. The predicted molar refractivity (Wildman–Crippen MR) is 97.2 cm³/mol. The molecule has 1 aromatic heterocycles. The molecule has 132 valence electrons. The minimum Gasteiger partial charge on any atom is -0.350 e. The van der Waals surface area contributed by atoms with Crippen LogP contribution in [0, 0.1) is 0 Å². The van der Waals surface area contributed by atoms with E-state index >= 15 is 0 Å². The Hall–Kier alpha value is -2.30. The fraction of sp³-hybridized carbons (Fsp3) is 0.500. The average molecular weight is 339 g/mol. The van der Waals surface area contributed by atoms with Crippen molar-refractivity contribution in [2.45, 2.75) is 38.1 Å². The van der Waals surface area contributed by atoms with Crippen LogP contribution in [0.15, 0.2) is 30.5 Å². The summed E-state index contributed by atoms with van der Waals surface area (Å²) >= 11 is 0. The molecular formula is C20H25N3O2. The number of piperidine rings is 1. The number of para-hydroxylation sites is 1. The van der Waals surface area contributed by atoms with E-state index in [0.717, 1.165) is 55.4 Å². The van der Waals surface area contributed by atoms with Gasteiger partial charge in [0, 0.05) is 56.2 Å². The number of amides is 2. The number of aromatic nitrogens is 1. The lowest BCUT2D eigenvalue weighted by Gasteiger charge is -2.36. The maximum atomic E-state index is 12.7. The molecule has 5 heteroatoms. The molecule has 2 fully saturated rings. The maximum Gasteiger partial charge on any atom is 0.227 e. The second-order valence-corrected chi connectivity index (χ2v) is 7.26. The van der Waals surface area contributed by atoms with Gasteiger partial charge in [0.15, 0.2) is 0 Å². The number of rotatable bonds is 3. The Morgan fingerprint density at radius 1 is 1.16 bits per heavy atom. The third-order valence-electron chi connectivity index (χ3n) is 5.69. The van der Waals surface area contributed by atoms with Gasteiger partial charge in [0.25, 0.3) is 0 Å². The van der Waals surface area contributed by atoms with E-state index in [-0.39, 0.29) is 5.91 Å². The molecule has 2 aliphatic rings. The Bertz CT molecular complexity index is 802. The van der Waals surface area contributed by atoms with Crippen molar-refractivity contribution in [3.05, 3.63) is 36.0 Å². The molecule has 25 heavy (non-hydrogen) atoms. The van der Waals surface area contributed by atoms with Crippen LogP contribution in [0.2, 0.25) is 0 Å². The van der Waals surface area contributed by atoms with Gasteiger partial charge in [-0.2, -0.15) is 0 Å². The molecule has 0 radical (unpaired) electrons. The number of nitrogens with zero attached hydrogens (tertiary/aromatic N) is 3. The highest BCUT2D eigenvalue weighted by Gasteiger charge is 2.31. The lowest BCUT2D eigenvalue weighted by atomic mass is 10.0. The zero-order chi connectivity index (χ0) is 17.4. The summed E-state index contributed by atoms with van der Waals surface area (Å²) in [4.78, 5) is 28.7. The molecule has 3 heterocycles. The average Bonchev–Trinajstić information content (AvgIpc) is 3.19. The minimum absolute atomic E-state index is 0.197. The first kappa shape index (κ1) is 16.2. The summed E-state index contributed by atoms with van der Waals surface area (Å²) in [6.45, 7) is 2.42. The fourth-order valence-corrected chi connectivity index (χ4v) is 4.32. The molecule has 4 rings (SSSR count). The van der Waals surface area contributed by atoms with Crippen molar-refractivity contribution < 1.29 is 9.59 Å². The van der Waals surface area contributed by atoms with E-state index in [1.54, 1.807) is 0 Å². The first-order valence-electron chi connectivity index (χ1n) is 9.23. The van der Waals surface area contributed by atoms with E-state index in [4.69, 9.17) is 0 Å². The Morgan fingerprint density at radius 2 is 1.92 bits per heavy atom. The van der Waals surface area contributed by atoms with Crippen molar-refractivity contribution in [2.24, 2.45) is 7.05 Å². The van der Waals surface area contributed by atoms with Gasteiger partial charge < -0.3 is 14.4 Å². The van der Waals surface area contributed by atoms with Crippen LogP contribution in [0.5, 0.6) is 0 Å². The maximum absolute atomic E-state index is 12.7. The summed E-state index contributed by atoms with van der Waals surface area (Å²) in [7, 11) is 2.02. The van der Waals surface area contributed by atoms with E-state index in [9.17, 15) is 9.59 Å². The van der Waals surface area contributed by atoms with Crippen LogP contribution in [0.4, 0.5) is 0 Å². The number of hydrogen-bond acceptors (Lipinski definition) is 2. The molecule has 0 saturated carbocycles. The molecule has 0 atom stereocenters. The summed E-state index contributed by atoms with van der Waals surface area (Å²) in [5.74, 6) is 0.489. The Balaban J connectivity index is 1.40. The van der Waals surface area contributed by atoms with Gasteiger partial charge in [-0.3, -0.25) is 9.59 Å². The number of carbonyl (C=O) groups is 2. The number of likely N-dealkylation sites (tertiary alicyclic amines) is 2. The van der Waals surface area contributed by atoms with Crippen LogP contribution in [-0.2, 0) is 23.1 Å². The molecule has 1 aromatic carbocycles. The number of aryl methyl sites for hydroxylation is 1. The van der Waals surface area contributed by atoms with E-state index in [1.807, 2.05) is 29.0 Å². The molecular weight excluding hydrogens is 314 g/mol. The van der Waals surface area contributed by atoms with Crippen molar-refractivity contribution in [2.75, 3.05) is 19.6 Å².